The van der Waals surface area contributed by atoms with E-state index in [2.05, 4.69) is 75.6 Å². The smallest absolute Gasteiger partial charge is 0.269 e. The molecule has 1 aliphatic carbocycles. The van der Waals surface area contributed by atoms with E-state index in [1.807, 2.05) is 19.1 Å². The molecule has 0 radical (unpaired) electrons. The number of carbonyl (C=O) groups is 1. The molecule has 1 N–H and O–H groups in total. The fourth-order valence-corrected chi connectivity index (χ4v) is 7.51. The van der Waals surface area contributed by atoms with Crippen LogP contribution in [0.3, 0.4) is 0 Å². The molecule has 1 aliphatic rings. The summed E-state index contributed by atoms with van der Waals surface area (Å²) in [5.74, 6) is 0.797. The topological polar surface area (TPSA) is 97.2 Å². The Labute approximate surface area is 258 Å². The Kier molecular flexibility index (Phi) is 8.59. The van der Waals surface area contributed by atoms with Crippen molar-refractivity contribution in [3.05, 3.63) is 120 Å². The first-order valence-corrected chi connectivity index (χ1v) is 16.5. The third-order valence-corrected chi connectivity index (χ3v) is 10.3. The maximum Gasteiger partial charge on any atom is 0.269 e. The Morgan fingerprint density at radius 3 is 2.18 bits per heavy atom. The second-order valence-electron chi connectivity index (χ2n) is 11.8. The molecule has 1 fully saturated rings. The first kappa shape index (κ1) is 29.7. The van der Waals surface area contributed by atoms with E-state index in [-0.39, 0.29) is 34.7 Å². The van der Waals surface area contributed by atoms with Gasteiger partial charge < -0.3 is 5.32 Å². The predicted molar refractivity (Wildman–Crippen MR) is 173 cm³/mol. The number of anilines is 1. The molecule has 0 bridgehead atoms. The van der Waals surface area contributed by atoms with Crippen LogP contribution in [0.25, 0.3) is 11.2 Å². The summed E-state index contributed by atoms with van der Waals surface area (Å²) in [6.07, 6.45) is 4.72. The normalized spacial score (nSPS) is 18.6. The fraction of sp³-hybridized carbons (Fsp3) is 0.286. The Bertz CT molecular complexity index is 1800. The average Bonchev–Trinajstić information content (AvgIpc) is 3.65. The molecule has 1 saturated carbocycles. The third-order valence-electron chi connectivity index (χ3n) is 8.62. The molecule has 0 amide bonds. The lowest BCUT2D eigenvalue weighted by Crippen LogP contribution is -2.33. The molecule has 0 spiro atoms. The Morgan fingerprint density at radius 2 is 1.55 bits per heavy atom. The van der Waals surface area contributed by atoms with Crippen LogP contribution in [0, 0.1) is 18.8 Å². The van der Waals surface area contributed by atoms with Gasteiger partial charge in [-0.3, -0.25) is 9.69 Å². The van der Waals surface area contributed by atoms with Gasteiger partial charge in [0, 0.05) is 31.2 Å². The number of nitrogens with one attached hydrogen (secondary N) is 1. The Morgan fingerprint density at radius 1 is 0.909 bits per heavy atom. The van der Waals surface area contributed by atoms with E-state index in [4.69, 9.17) is 0 Å². The number of fused-ring (bicyclic) bond motifs is 1. The van der Waals surface area contributed by atoms with Gasteiger partial charge in [-0.25, -0.2) is 22.4 Å². The highest BCUT2D eigenvalue weighted by molar-refractivity contribution is 7.90. The molecule has 226 valence electrons. The minimum absolute atomic E-state index is 0.0565. The van der Waals surface area contributed by atoms with Gasteiger partial charge in [0.25, 0.3) is 10.0 Å². The zero-order valence-electron chi connectivity index (χ0n) is 25.0. The molecule has 2 aromatic heterocycles. The lowest BCUT2D eigenvalue weighted by atomic mass is 9.93. The lowest BCUT2D eigenvalue weighted by Gasteiger charge is -2.29. The summed E-state index contributed by atoms with van der Waals surface area (Å²) in [5, 5.41) is 3.15. The number of benzene rings is 3. The van der Waals surface area contributed by atoms with E-state index >= 15 is 0 Å². The van der Waals surface area contributed by atoms with Crippen molar-refractivity contribution in [2.45, 2.75) is 50.7 Å². The summed E-state index contributed by atoms with van der Waals surface area (Å²) in [5.41, 5.74) is 4.19. The molecule has 5 aromatic rings. The second-order valence-corrected chi connectivity index (χ2v) is 13.6. The predicted octanol–water partition coefficient (Wildman–Crippen LogP) is 6.07. The van der Waals surface area contributed by atoms with Gasteiger partial charge in [0.1, 0.15) is 11.3 Å². The summed E-state index contributed by atoms with van der Waals surface area (Å²) in [6, 6.07) is 29.6. The van der Waals surface area contributed by atoms with Crippen LogP contribution < -0.4 is 5.32 Å². The highest BCUT2D eigenvalue weighted by Crippen LogP contribution is 2.36. The Hall–Kier alpha value is -4.34. The molecule has 9 heteroatoms. The lowest BCUT2D eigenvalue weighted by molar-refractivity contribution is -0.122. The number of nitrogens with zero attached hydrogens (tertiary/aromatic N) is 4. The van der Waals surface area contributed by atoms with Crippen molar-refractivity contribution < 1.29 is 13.2 Å². The number of aromatic nitrogens is 3. The third kappa shape index (κ3) is 6.44. The molecule has 3 atom stereocenters. The summed E-state index contributed by atoms with van der Waals surface area (Å²) >= 11 is 0. The molecule has 0 aliphatic heterocycles. The summed E-state index contributed by atoms with van der Waals surface area (Å²) in [7, 11) is -3.81. The second kappa shape index (κ2) is 12.7. The van der Waals surface area contributed by atoms with Gasteiger partial charge in [-0.1, -0.05) is 85.3 Å². The van der Waals surface area contributed by atoms with Crippen LogP contribution in [-0.2, 0) is 27.9 Å². The van der Waals surface area contributed by atoms with E-state index < -0.39 is 10.0 Å². The highest BCUT2D eigenvalue weighted by atomic mass is 32.2. The first-order chi connectivity index (χ1) is 21.3. The summed E-state index contributed by atoms with van der Waals surface area (Å²) < 4.78 is 27.6. The number of Topliss-reactive ketones (excluding diaryl/α,β-unsaturated/α-hetero) is 1. The average molecular weight is 608 g/mol. The maximum atomic E-state index is 13.5. The zero-order valence-corrected chi connectivity index (χ0v) is 25.8. The van der Waals surface area contributed by atoms with Crippen molar-refractivity contribution >= 4 is 32.8 Å². The molecule has 44 heavy (non-hydrogen) atoms. The number of hydrogen-bond donors (Lipinski definition) is 1. The van der Waals surface area contributed by atoms with Crippen molar-refractivity contribution in [3.63, 3.8) is 0 Å². The summed E-state index contributed by atoms with van der Waals surface area (Å²) in [6.45, 7) is 5.89. The number of carbonyl (C=O) groups excluding carboxylic acids is 1. The minimum atomic E-state index is -3.81. The van der Waals surface area contributed by atoms with Crippen molar-refractivity contribution in [2.75, 3.05) is 11.9 Å². The molecule has 0 unspecified atom stereocenters. The number of ketones is 1. The van der Waals surface area contributed by atoms with Gasteiger partial charge in [-0.05, 0) is 55.0 Å². The van der Waals surface area contributed by atoms with Crippen LogP contribution in [0.2, 0.25) is 0 Å². The van der Waals surface area contributed by atoms with Gasteiger partial charge >= 0.3 is 0 Å². The van der Waals surface area contributed by atoms with E-state index in [0.29, 0.717) is 17.4 Å². The molecular formula is C35H37N5O3S. The summed E-state index contributed by atoms with van der Waals surface area (Å²) in [4.78, 5) is 25.1. The fourth-order valence-electron chi connectivity index (χ4n) is 6.21. The molecule has 2 heterocycles. The van der Waals surface area contributed by atoms with E-state index in [9.17, 15) is 13.2 Å². The zero-order chi connectivity index (χ0) is 30.7. The Balaban J connectivity index is 1.12. The van der Waals surface area contributed by atoms with Gasteiger partial charge in [-0.2, -0.15) is 0 Å². The highest BCUT2D eigenvalue weighted by Gasteiger charge is 2.38. The van der Waals surface area contributed by atoms with E-state index in [0.717, 1.165) is 35.5 Å². The van der Waals surface area contributed by atoms with Gasteiger partial charge in [0.2, 0.25) is 0 Å². The molecule has 6 rings (SSSR count). The molecule has 0 saturated heterocycles. The standard InChI is InChI=1S/C35H37N5O3S/c1-25-13-15-30(16-14-25)44(42,43)40-18-17-32-35(40)37-22-34(38-32)36-21-33(41)31-20-29(19-26(31)2)39(23-27-9-5-3-6-10-27)24-28-11-7-4-8-12-28/h3-18,22,26,29,31H,19-21,23-24H2,1-2H3,(H,36,38)/t26-,29+,31+/m1/s1. The van der Waals surface area contributed by atoms with Crippen molar-refractivity contribution in [3.8, 4) is 0 Å². The molecule has 3 aromatic carbocycles. The maximum absolute atomic E-state index is 13.5. The minimum Gasteiger partial charge on any atom is -0.362 e. The van der Waals surface area contributed by atoms with Crippen LogP contribution in [0.1, 0.15) is 36.5 Å². The van der Waals surface area contributed by atoms with Gasteiger partial charge in [-0.15, -0.1) is 0 Å². The van der Waals surface area contributed by atoms with Crippen LogP contribution in [-0.4, -0.2) is 45.6 Å². The largest absolute Gasteiger partial charge is 0.362 e. The van der Waals surface area contributed by atoms with Crippen LogP contribution in [0.15, 0.2) is 108 Å². The SMILES string of the molecule is Cc1ccc(S(=O)(=O)n2ccc3nc(NCC(=O)[C@H]4C[C@@H](N(Cc5ccccc5)Cc5ccccc5)C[C@H]4C)cnc32)cc1. The van der Waals surface area contributed by atoms with Crippen LogP contribution in [0.5, 0.6) is 0 Å². The number of hydrogen-bond acceptors (Lipinski definition) is 7. The first-order valence-electron chi connectivity index (χ1n) is 15.0. The van der Waals surface area contributed by atoms with Crippen molar-refractivity contribution in [2.24, 2.45) is 11.8 Å². The number of rotatable bonds is 11. The molecule has 8 nitrogen and oxygen atoms in total. The van der Waals surface area contributed by atoms with Crippen LogP contribution in [0.4, 0.5) is 5.82 Å². The van der Waals surface area contributed by atoms with Gasteiger partial charge in [0.05, 0.1) is 17.6 Å². The van der Waals surface area contributed by atoms with E-state index in [1.54, 1.807) is 30.3 Å². The van der Waals surface area contributed by atoms with Crippen LogP contribution >= 0.6 is 0 Å². The van der Waals surface area contributed by atoms with Gasteiger partial charge in [0.15, 0.2) is 11.4 Å². The van der Waals surface area contributed by atoms with Crippen molar-refractivity contribution in [1.82, 2.24) is 18.8 Å². The number of aryl methyl sites for hydroxylation is 1. The quantitative estimate of drug-likeness (QED) is 0.195. The van der Waals surface area contributed by atoms with Crippen molar-refractivity contribution in [1.29, 1.82) is 0 Å². The molecular weight excluding hydrogens is 570 g/mol. The monoisotopic (exact) mass is 607 g/mol. The van der Waals surface area contributed by atoms with E-state index in [1.165, 1.54) is 23.5 Å².